The molecule has 0 radical (unpaired) electrons. The summed E-state index contributed by atoms with van der Waals surface area (Å²) in [5.74, 6) is -0.528. The van der Waals surface area contributed by atoms with E-state index in [0.29, 0.717) is 23.9 Å². The fourth-order valence-corrected chi connectivity index (χ4v) is 9.38. The van der Waals surface area contributed by atoms with E-state index in [1.54, 1.807) is 0 Å². The van der Waals surface area contributed by atoms with Gasteiger partial charge in [-0.15, -0.1) is 0 Å². The average Bonchev–Trinajstić information content (AvgIpc) is 3.35. The van der Waals surface area contributed by atoms with Crippen molar-refractivity contribution in [2.24, 2.45) is 0 Å². The normalized spacial score (nSPS) is 14.1. The zero-order chi connectivity index (χ0) is 53.6. The highest BCUT2D eigenvalue weighted by atomic mass is 31.2. The molecule has 0 aromatic carbocycles. The van der Waals surface area contributed by atoms with E-state index in [1.165, 1.54) is 148 Å². The minimum absolute atomic E-state index is 0.0355. The molecular weight excluding hydrogens is 928 g/mol. The molecule has 0 aliphatic rings. The fourth-order valence-electron chi connectivity index (χ4n) is 8.65. The van der Waals surface area contributed by atoms with Crippen LogP contribution in [0.15, 0.2) is 60.8 Å². The number of unbranched alkanes of at least 4 members (excludes halogenated alkanes) is 31. The molecule has 0 saturated heterocycles. The van der Waals surface area contributed by atoms with Crippen molar-refractivity contribution >= 4 is 19.7 Å². The Kier molecular flexibility index (Phi) is 51.5. The zero-order valence-corrected chi connectivity index (χ0v) is 49.5. The van der Waals surface area contributed by atoms with Gasteiger partial charge in [0.15, 0.2) is 0 Å². The molecule has 0 bridgehead atoms. The largest absolute Gasteiger partial charge is 0.472 e. The monoisotopic (exact) mass is 1050 g/mol. The number of phosphoric acid groups is 1. The zero-order valence-electron chi connectivity index (χ0n) is 48.6. The highest BCUT2D eigenvalue weighted by Crippen LogP contribution is 2.43. The molecule has 0 rings (SSSR count). The molecule has 0 aliphatic heterocycles. The van der Waals surface area contributed by atoms with Crippen molar-refractivity contribution in [1.29, 1.82) is 0 Å². The van der Waals surface area contributed by atoms with Crippen LogP contribution in [0.2, 0.25) is 0 Å². The van der Waals surface area contributed by atoms with Crippen LogP contribution in [-0.2, 0) is 27.9 Å². The first-order valence-corrected chi connectivity index (χ1v) is 32.1. The van der Waals surface area contributed by atoms with Gasteiger partial charge in [-0.05, 0) is 96.0 Å². The molecule has 10 heteroatoms. The Hall–Kier alpha value is -2.29. The number of quaternary nitrogens is 1. The number of esters is 1. The Morgan fingerprint density at radius 3 is 1.30 bits per heavy atom. The van der Waals surface area contributed by atoms with Crippen LogP contribution in [-0.4, -0.2) is 74.3 Å². The van der Waals surface area contributed by atoms with Gasteiger partial charge in [0.25, 0.3) is 0 Å². The Balaban J connectivity index is 5.29. The molecule has 1 amide bonds. The Morgan fingerprint density at radius 1 is 0.479 bits per heavy atom. The van der Waals surface area contributed by atoms with Crippen LogP contribution in [0.25, 0.3) is 0 Å². The topological polar surface area (TPSA) is 111 Å². The minimum Gasteiger partial charge on any atom is -0.456 e. The molecule has 0 heterocycles. The molecule has 0 saturated carbocycles. The van der Waals surface area contributed by atoms with Crippen LogP contribution in [0.3, 0.4) is 0 Å². The van der Waals surface area contributed by atoms with E-state index in [-0.39, 0.29) is 31.5 Å². The van der Waals surface area contributed by atoms with Crippen molar-refractivity contribution in [2.75, 3.05) is 40.9 Å². The lowest BCUT2D eigenvalue weighted by molar-refractivity contribution is -0.870. The number of nitrogens with one attached hydrogen (secondary N) is 1. The van der Waals surface area contributed by atoms with Crippen LogP contribution in [0.1, 0.15) is 278 Å². The van der Waals surface area contributed by atoms with Gasteiger partial charge in [-0.25, -0.2) is 4.57 Å². The first-order chi connectivity index (χ1) is 35.4. The van der Waals surface area contributed by atoms with Gasteiger partial charge in [0, 0.05) is 12.8 Å². The summed E-state index contributed by atoms with van der Waals surface area (Å²) in [7, 11) is 1.48. The molecule has 426 valence electrons. The van der Waals surface area contributed by atoms with E-state index < -0.39 is 20.0 Å². The van der Waals surface area contributed by atoms with E-state index in [2.05, 4.69) is 74.7 Å². The summed E-state index contributed by atoms with van der Waals surface area (Å²) in [4.78, 5) is 37.6. The average molecular weight is 1050 g/mol. The predicted molar refractivity (Wildman–Crippen MR) is 314 cm³/mol. The predicted octanol–water partition coefficient (Wildman–Crippen LogP) is 18.7. The first kappa shape index (κ1) is 70.7. The number of carbonyl (C=O) groups excluding carboxylic acids is 2. The smallest absolute Gasteiger partial charge is 0.456 e. The van der Waals surface area contributed by atoms with Crippen LogP contribution in [0, 0.1) is 0 Å². The van der Waals surface area contributed by atoms with Gasteiger partial charge in [0.1, 0.15) is 19.3 Å². The molecule has 0 aromatic rings. The van der Waals surface area contributed by atoms with E-state index in [0.717, 1.165) is 89.9 Å². The number of likely N-dealkylation sites (N-methyl/N-ethyl adjacent to an activating group) is 1. The van der Waals surface area contributed by atoms with Gasteiger partial charge in [-0.1, -0.05) is 230 Å². The Bertz CT molecular complexity index is 1440. The number of rotatable bonds is 55. The molecule has 0 fully saturated rings. The van der Waals surface area contributed by atoms with E-state index in [1.807, 2.05) is 33.3 Å². The second-order valence-electron chi connectivity index (χ2n) is 21.9. The maximum atomic E-state index is 13.5. The van der Waals surface area contributed by atoms with Crippen molar-refractivity contribution in [3.05, 3.63) is 60.8 Å². The van der Waals surface area contributed by atoms with Crippen molar-refractivity contribution < 1.29 is 37.3 Å². The second-order valence-corrected chi connectivity index (χ2v) is 23.3. The van der Waals surface area contributed by atoms with Crippen molar-refractivity contribution in [3.8, 4) is 0 Å². The van der Waals surface area contributed by atoms with Crippen molar-refractivity contribution in [1.82, 2.24) is 5.32 Å². The minimum atomic E-state index is -4.45. The van der Waals surface area contributed by atoms with E-state index in [9.17, 15) is 19.0 Å². The summed E-state index contributed by atoms with van der Waals surface area (Å²) in [6, 6.07) is -0.858. The van der Waals surface area contributed by atoms with Crippen LogP contribution in [0.4, 0.5) is 0 Å². The summed E-state index contributed by atoms with van der Waals surface area (Å²) in [6.45, 7) is 6.97. The molecule has 9 nitrogen and oxygen atoms in total. The number of allylic oxidation sites excluding steroid dienone is 9. The molecule has 73 heavy (non-hydrogen) atoms. The van der Waals surface area contributed by atoms with Gasteiger partial charge in [0.2, 0.25) is 5.91 Å². The number of hydrogen-bond acceptors (Lipinski definition) is 6. The summed E-state index contributed by atoms with van der Waals surface area (Å²) in [5.41, 5.74) is 0. The van der Waals surface area contributed by atoms with Gasteiger partial charge in [0.05, 0.1) is 33.8 Å². The maximum Gasteiger partial charge on any atom is 0.472 e. The number of amides is 1. The standard InChI is InChI=1S/C63H117N2O7P/c1-7-10-13-16-19-22-25-28-29-30-31-32-33-34-35-38-40-43-46-49-52-55-62(66)64-60(59-71-73(68,69)70-58-57-65(4,5)6)61(54-51-48-45-42-39-36-26-23-20-17-14-11-8-2)72-63(67)56-53-50-47-44-41-37-27-24-21-18-15-12-9-3/h19,22,28-29,31-32,37,41,51,54,60-61H,7-18,20-21,23-27,30,33-36,38-40,42-50,52-53,55-59H2,1-6H3,(H-,64,66,68,69)/p+1/b22-19-,29-28-,32-31-,41-37-,54-51-. The van der Waals surface area contributed by atoms with E-state index >= 15 is 0 Å². The van der Waals surface area contributed by atoms with Crippen molar-refractivity contribution in [3.63, 3.8) is 0 Å². The third-order valence-electron chi connectivity index (χ3n) is 13.4. The van der Waals surface area contributed by atoms with Crippen LogP contribution < -0.4 is 5.32 Å². The quantitative estimate of drug-likeness (QED) is 0.0205. The first-order valence-electron chi connectivity index (χ1n) is 30.6. The molecular formula is C63H118N2O7P+. The molecule has 2 N–H and O–H groups in total. The Labute approximate surface area is 451 Å². The molecule has 0 spiro atoms. The lowest BCUT2D eigenvalue weighted by Crippen LogP contribution is -2.47. The molecule has 3 atom stereocenters. The van der Waals surface area contributed by atoms with Gasteiger partial charge in [-0.3, -0.25) is 18.6 Å². The van der Waals surface area contributed by atoms with Crippen LogP contribution in [0.5, 0.6) is 0 Å². The van der Waals surface area contributed by atoms with Gasteiger partial charge < -0.3 is 19.4 Å². The number of carbonyl (C=O) groups is 2. The second kappa shape index (κ2) is 53.1. The number of ether oxygens (including phenoxy) is 1. The summed E-state index contributed by atoms with van der Waals surface area (Å²) in [6.07, 6.45) is 66.4. The summed E-state index contributed by atoms with van der Waals surface area (Å²) >= 11 is 0. The third-order valence-corrected chi connectivity index (χ3v) is 14.4. The fraction of sp³-hybridized carbons (Fsp3) is 0.810. The molecule has 0 aromatic heterocycles. The van der Waals surface area contributed by atoms with Gasteiger partial charge >= 0.3 is 13.8 Å². The number of nitrogens with zero attached hydrogens (tertiary/aromatic N) is 1. The SMILES string of the molecule is CCCCC/C=C\C/C=C\C/C=C\CCCCCCCCCCC(=O)NC(COP(=O)(O)OCC[N+](C)(C)C)C(/C=C\CCCCCCCCCCCCC)OC(=O)CCCCC/C=C\CCCCCCCC. The van der Waals surface area contributed by atoms with Gasteiger partial charge in [-0.2, -0.15) is 0 Å². The Morgan fingerprint density at radius 2 is 0.836 bits per heavy atom. The maximum absolute atomic E-state index is 13.5. The summed E-state index contributed by atoms with van der Waals surface area (Å²) < 4.78 is 30.7. The lowest BCUT2D eigenvalue weighted by Gasteiger charge is -2.27. The highest BCUT2D eigenvalue weighted by molar-refractivity contribution is 7.47. The van der Waals surface area contributed by atoms with E-state index in [4.69, 9.17) is 13.8 Å². The van der Waals surface area contributed by atoms with Crippen LogP contribution >= 0.6 is 7.82 Å². The highest BCUT2D eigenvalue weighted by Gasteiger charge is 2.30. The number of phosphoric ester groups is 1. The third kappa shape index (κ3) is 54.3. The number of hydrogen-bond donors (Lipinski definition) is 2. The lowest BCUT2D eigenvalue weighted by atomic mass is 10.0. The molecule has 3 unspecified atom stereocenters. The molecule has 0 aliphatic carbocycles. The van der Waals surface area contributed by atoms with Crippen molar-refractivity contribution in [2.45, 2.75) is 290 Å². The summed E-state index contributed by atoms with van der Waals surface area (Å²) in [5, 5.41) is 3.05.